The molecule has 0 aliphatic heterocycles. The Morgan fingerprint density at radius 2 is 2.27 bits per heavy atom. The summed E-state index contributed by atoms with van der Waals surface area (Å²) in [6.45, 7) is 1.50. The molecule has 0 bridgehead atoms. The maximum absolute atomic E-state index is 10.7. The fraction of sp³-hybridized carbons (Fsp3) is 0.333. The average Bonchev–Trinajstić information content (AvgIpc) is 2.17. The van der Waals surface area contributed by atoms with E-state index in [4.69, 9.17) is 5.73 Å². The molecule has 5 nitrogen and oxygen atoms in total. The number of hydrogen-bond acceptors (Lipinski definition) is 4. The van der Waals surface area contributed by atoms with Gasteiger partial charge in [-0.25, -0.2) is 0 Å². The van der Waals surface area contributed by atoms with Crippen LogP contribution in [-0.2, 0) is 5.60 Å². The normalized spacial score (nSPS) is 14.7. The molecule has 0 fully saturated rings. The lowest BCUT2D eigenvalue weighted by Crippen LogP contribution is -2.31. The quantitative estimate of drug-likeness (QED) is 0.646. The third-order valence-electron chi connectivity index (χ3n) is 2.15. The van der Waals surface area contributed by atoms with E-state index in [1.807, 2.05) is 0 Å². The summed E-state index contributed by atoms with van der Waals surface area (Å²) in [5, 5.41) is 20.6. The molecule has 0 aliphatic rings. The summed E-state index contributed by atoms with van der Waals surface area (Å²) >= 11 is 3.10. The number of benzene rings is 1. The van der Waals surface area contributed by atoms with Crippen LogP contribution >= 0.6 is 15.9 Å². The Balaban J connectivity index is 3.33. The van der Waals surface area contributed by atoms with Gasteiger partial charge in [-0.3, -0.25) is 10.1 Å². The standard InChI is InChI=1S/C9H11BrN2O3/c1-9(13,5-11)6-3-2-4-7(8(6)10)12(14)15/h2-4,13H,5,11H2,1H3. The first-order chi connectivity index (χ1) is 6.90. The molecule has 1 aromatic carbocycles. The highest BCUT2D eigenvalue weighted by atomic mass is 79.9. The van der Waals surface area contributed by atoms with Crippen molar-refractivity contribution in [3.63, 3.8) is 0 Å². The zero-order valence-corrected chi connectivity index (χ0v) is 9.69. The fourth-order valence-electron chi connectivity index (χ4n) is 1.19. The molecular formula is C9H11BrN2O3. The number of nitrogens with two attached hydrogens (primary N) is 1. The highest BCUT2D eigenvalue weighted by Gasteiger charge is 2.27. The summed E-state index contributed by atoms with van der Waals surface area (Å²) in [5.41, 5.74) is 4.45. The van der Waals surface area contributed by atoms with E-state index in [1.54, 1.807) is 6.07 Å². The van der Waals surface area contributed by atoms with Crippen LogP contribution in [-0.4, -0.2) is 16.6 Å². The van der Waals surface area contributed by atoms with E-state index in [1.165, 1.54) is 19.1 Å². The third-order valence-corrected chi connectivity index (χ3v) is 2.99. The van der Waals surface area contributed by atoms with Gasteiger partial charge < -0.3 is 10.8 Å². The monoisotopic (exact) mass is 274 g/mol. The van der Waals surface area contributed by atoms with Crippen LogP contribution in [0.5, 0.6) is 0 Å². The molecule has 0 amide bonds. The summed E-state index contributed by atoms with van der Waals surface area (Å²) in [6, 6.07) is 4.48. The number of hydrogen-bond donors (Lipinski definition) is 2. The van der Waals surface area contributed by atoms with Crippen molar-refractivity contribution in [3.8, 4) is 0 Å². The van der Waals surface area contributed by atoms with Crippen molar-refractivity contribution < 1.29 is 10.0 Å². The lowest BCUT2D eigenvalue weighted by atomic mass is 9.96. The van der Waals surface area contributed by atoms with Crippen molar-refractivity contribution in [2.24, 2.45) is 5.73 Å². The molecule has 0 aliphatic carbocycles. The molecule has 0 saturated carbocycles. The van der Waals surface area contributed by atoms with Gasteiger partial charge in [-0.2, -0.15) is 0 Å². The minimum atomic E-state index is -1.27. The van der Waals surface area contributed by atoms with Gasteiger partial charge in [-0.05, 0) is 22.9 Å². The highest BCUT2D eigenvalue weighted by molar-refractivity contribution is 9.10. The van der Waals surface area contributed by atoms with Gasteiger partial charge in [-0.1, -0.05) is 12.1 Å². The van der Waals surface area contributed by atoms with Crippen molar-refractivity contribution in [2.75, 3.05) is 6.54 Å². The molecule has 0 spiro atoms. The molecule has 3 N–H and O–H groups in total. The molecule has 1 unspecified atom stereocenters. The predicted octanol–water partition coefficient (Wildman–Crippen LogP) is 1.52. The average molecular weight is 275 g/mol. The van der Waals surface area contributed by atoms with Crippen LogP contribution in [0.4, 0.5) is 5.69 Å². The second-order valence-electron chi connectivity index (χ2n) is 3.37. The number of nitro benzene ring substituents is 1. The van der Waals surface area contributed by atoms with E-state index in [0.717, 1.165) is 0 Å². The zero-order valence-electron chi connectivity index (χ0n) is 8.11. The van der Waals surface area contributed by atoms with Crippen molar-refractivity contribution in [1.29, 1.82) is 0 Å². The second-order valence-corrected chi connectivity index (χ2v) is 4.17. The van der Waals surface area contributed by atoms with Gasteiger partial charge in [0, 0.05) is 18.2 Å². The van der Waals surface area contributed by atoms with Crippen LogP contribution < -0.4 is 5.73 Å². The molecular weight excluding hydrogens is 264 g/mol. The third kappa shape index (κ3) is 2.34. The molecule has 0 heterocycles. The Morgan fingerprint density at radius 1 is 1.67 bits per heavy atom. The van der Waals surface area contributed by atoms with Crippen LogP contribution in [0.15, 0.2) is 22.7 Å². The van der Waals surface area contributed by atoms with E-state index in [9.17, 15) is 15.2 Å². The van der Waals surface area contributed by atoms with Crippen LogP contribution in [0, 0.1) is 10.1 Å². The maximum Gasteiger partial charge on any atom is 0.283 e. The Hall–Kier alpha value is -0.980. The second kappa shape index (κ2) is 4.26. The SMILES string of the molecule is CC(O)(CN)c1cccc([N+](=O)[O-])c1Br. The van der Waals surface area contributed by atoms with E-state index < -0.39 is 10.5 Å². The first kappa shape index (κ1) is 12.1. The number of nitro groups is 1. The Bertz CT molecular complexity index is 393. The topological polar surface area (TPSA) is 89.4 Å². The minimum absolute atomic E-state index is 0.00717. The van der Waals surface area contributed by atoms with Gasteiger partial charge in [0.2, 0.25) is 0 Å². The number of nitrogens with zero attached hydrogens (tertiary/aromatic N) is 1. The highest BCUT2D eigenvalue weighted by Crippen LogP contribution is 2.34. The van der Waals surface area contributed by atoms with Gasteiger partial charge in [0.25, 0.3) is 5.69 Å². The lowest BCUT2D eigenvalue weighted by molar-refractivity contribution is -0.385. The van der Waals surface area contributed by atoms with Crippen LogP contribution in [0.3, 0.4) is 0 Å². The van der Waals surface area contributed by atoms with Gasteiger partial charge in [0.1, 0.15) is 10.1 Å². The van der Waals surface area contributed by atoms with Crippen molar-refractivity contribution >= 4 is 21.6 Å². The zero-order chi connectivity index (χ0) is 11.6. The molecule has 15 heavy (non-hydrogen) atoms. The first-order valence-corrected chi connectivity index (χ1v) is 5.05. The van der Waals surface area contributed by atoms with Crippen molar-refractivity contribution in [3.05, 3.63) is 38.3 Å². The van der Waals surface area contributed by atoms with Gasteiger partial charge in [-0.15, -0.1) is 0 Å². The van der Waals surface area contributed by atoms with Crippen LogP contribution in [0.2, 0.25) is 0 Å². The Labute approximate surface area is 95.2 Å². The molecule has 0 aromatic heterocycles. The molecule has 0 radical (unpaired) electrons. The van der Waals surface area contributed by atoms with Gasteiger partial charge >= 0.3 is 0 Å². The fourth-order valence-corrected chi connectivity index (χ4v) is 2.02. The Morgan fingerprint density at radius 3 is 2.73 bits per heavy atom. The van der Waals surface area contributed by atoms with E-state index >= 15 is 0 Å². The van der Waals surface area contributed by atoms with E-state index in [0.29, 0.717) is 5.56 Å². The molecule has 0 saturated heterocycles. The summed E-state index contributed by atoms with van der Waals surface area (Å²) in [5.74, 6) is 0. The number of halogens is 1. The van der Waals surface area contributed by atoms with Crippen LogP contribution in [0.25, 0.3) is 0 Å². The van der Waals surface area contributed by atoms with Gasteiger partial charge in [0.05, 0.1) is 4.92 Å². The molecule has 82 valence electrons. The summed E-state index contributed by atoms with van der Waals surface area (Å²) in [6.07, 6.45) is 0. The van der Waals surface area contributed by atoms with Crippen molar-refractivity contribution in [1.82, 2.24) is 0 Å². The number of rotatable bonds is 3. The molecule has 1 rings (SSSR count). The predicted molar refractivity (Wildman–Crippen MR) is 59.4 cm³/mol. The summed E-state index contributed by atoms with van der Waals surface area (Å²) in [4.78, 5) is 10.1. The molecule has 6 heteroatoms. The maximum atomic E-state index is 10.7. The van der Waals surface area contributed by atoms with Gasteiger partial charge in [0.15, 0.2) is 0 Å². The Kier molecular flexibility index (Phi) is 3.43. The minimum Gasteiger partial charge on any atom is -0.384 e. The lowest BCUT2D eigenvalue weighted by Gasteiger charge is -2.22. The van der Waals surface area contributed by atoms with Crippen LogP contribution in [0.1, 0.15) is 12.5 Å². The first-order valence-electron chi connectivity index (χ1n) is 4.26. The molecule has 1 atom stereocenters. The largest absolute Gasteiger partial charge is 0.384 e. The molecule has 1 aromatic rings. The number of aliphatic hydroxyl groups is 1. The van der Waals surface area contributed by atoms with E-state index in [2.05, 4.69) is 15.9 Å². The van der Waals surface area contributed by atoms with E-state index in [-0.39, 0.29) is 16.7 Å². The smallest absolute Gasteiger partial charge is 0.283 e. The summed E-state index contributed by atoms with van der Waals surface area (Å²) < 4.78 is 0.269. The van der Waals surface area contributed by atoms with Crippen molar-refractivity contribution in [2.45, 2.75) is 12.5 Å². The summed E-state index contributed by atoms with van der Waals surface area (Å²) in [7, 11) is 0.